The van der Waals surface area contributed by atoms with Gasteiger partial charge in [-0.2, -0.15) is 18.3 Å². The van der Waals surface area contributed by atoms with E-state index >= 15 is 0 Å². The van der Waals surface area contributed by atoms with E-state index in [0.29, 0.717) is 25.1 Å². The van der Waals surface area contributed by atoms with E-state index < -0.39 is 17.8 Å². The SMILES string of the molecule is CCn1cc(CCN2C[C@@H](O)C[C@@H]2c2cccc(C(F)(F)F)c2)cn1. The van der Waals surface area contributed by atoms with Crippen LogP contribution in [0.25, 0.3) is 0 Å². The first-order valence-corrected chi connectivity index (χ1v) is 8.47. The van der Waals surface area contributed by atoms with Gasteiger partial charge in [-0.3, -0.25) is 9.58 Å². The molecule has 1 N–H and O–H groups in total. The van der Waals surface area contributed by atoms with Crippen LogP contribution < -0.4 is 0 Å². The van der Waals surface area contributed by atoms with Gasteiger partial charge in [0.25, 0.3) is 0 Å². The van der Waals surface area contributed by atoms with Crippen molar-refractivity contribution in [1.29, 1.82) is 0 Å². The lowest BCUT2D eigenvalue weighted by molar-refractivity contribution is -0.137. The van der Waals surface area contributed by atoms with Gasteiger partial charge in [0, 0.05) is 31.9 Å². The number of aryl methyl sites for hydroxylation is 1. The first kappa shape index (κ1) is 17.9. The van der Waals surface area contributed by atoms with Gasteiger partial charge in [0.1, 0.15) is 0 Å². The molecule has 0 unspecified atom stereocenters. The normalized spacial score (nSPS) is 21.8. The number of hydrogen-bond donors (Lipinski definition) is 1. The quantitative estimate of drug-likeness (QED) is 0.897. The van der Waals surface area contributed by atoms with E-state index in [0.717, 1.165) is 24.6 Å². The second-order valence-electron chi connectivity index (χ2n) is 6.48. The van der Waals surface area contributed by atoms with Gasteiger partial charge in [-0.05, 0) is 43.0 Å². The highest BCUT2D eigenvalue weighted by Crippen LogP contribution is 2.36. The molecule has 0 saturated carbocycles. The van der Waals surface area contributed by atoms with Crippen LogP contribution in [0, 0.1) is 0 Å². The third-order valence-electron chi connectivity index (χ3n) is 4.68. The van der Waals surface area contributed by atoms with E-state index in [9.17, 15) is 18.3 Å². The fourth-order valence-electron chi connectivity index (χ4n) is 3.38. The van der Waals surface area contributed by atoms with E-state index in [4.69, 9.17) is 0 Å². The van der Waals surface area contributed by atoms with Crippen molar-refractivity contribution in [2.75, 3.05) is 13.1 Å². The molecule has 1 aromatic carbocycles. The number of likely N-dealkylation sites (tertiary alicyclic amines) is 1. The van der Waals surface area contributed by atoms with Crippen LogP contribution in [0.4, 0.5) is 13.2 Å². The van der Waals surface area contributed by atoms with E-state index in [1.165, 1.54) is 12.1 Å². The molecule has 7 heteroatoms. The van der Waals surface area contributed by atoms with Gasteiger partial charge >= 0.3 is 6.18 Å². The molecule has 0 bridgehead atoms. The summed E-state index contributed by atoms with van der Waals surface area (Å²) in [6.45, 7) is 3.96. The molecule has 1 aliphatic heterocycles. The van der Waals surface area contributed by atoms with Crippen molar-refractivity contribution < 1.29 is 18.3 Å². The van der Waals surface area contributed by atoms with Crippen LogP contribution in [-0.4, -0.2) is 39.0 Å². The van der Waals surface area contributed by atoms with Gasteiger partial charge in [-0.25, -0.2) is 0 Å². The predicted octanol–water partition coefficient (Wildman–Crippen LogP) is 3.27. The number of rotatable bonds is 5. The van der Waals surface area contributed by atoms with Crippen LogP contribution in [0.3, 0.4) is 0 Å². The molecule has 25 heavy (non-hydrogen) atoms. The standard InChI is InChI=1S/C18H22F3N3O/c1-2-24-11-13(10-22-24)6-7-23-12-16(25)9-17(23)14-4-3-5-15(8-14)18(19,20)21/h3-5,8,10-11,16-17,25H,2,6-7,9,12H2,1H3/t16-,17+/m0/s1. The molecular formula is C18H22F3N3O. The van der Waals surface area contributed by atoms with Crippen LogP contribution >= 0.6 is 0 Å². The van der Waals surface area contributed by atoms with E-state index in [2.05, 4.69) is 10.00 Å². The first-order chi connectivity index (χ1) is 11.9. The zero-order valence-corrected chi connectivity index (χ0v) is 14.1. The summed E-state index contributed by atoms with van der Waals surface area (Å²) in [5.74, 6) is 0. The van der Waals surface area contributed by atoms with Crippen LogP contribution in [0.5, 0.6) is 0 Å². The Hall–Kier alpha value is -1.86. The van der Waals surface area contributed by atoms with Gasteiger partial charge in [-0.15, -0.1) is 0 Å². The number of hydrogen-bond acceptors (Lipinski definition) is 3. The maximum Gasteiger partial charge on any atom is 0.416 e. The van der Waals surface area contributed by atoms with E-state index in [-0.39, 0.29) is 6.04 Å². The molecule has 0 spiro atoms. The lowest BCUT2D eigenvalue weighted by Crippen LogP contribution is -2.27. The molecule has 1 saturated heterocycles. The van der Waals surface area contributed by atoms with Gasteiger partial charge < -0.3 is 5.11 Å². The van der Waals surface area contributed by atoms with Crippen molar-refractivity contribution in [3.63, 3.8) is 0 Å². The predicted molar refractivity (Wildman–Crippen MR) is 88.0 cm³/mol. The molecular weight excluding hydrogens is 331 g/mol. The minimum atomic E-state index is -4.35. The van der Waals surface area contributed by atoms with Crippen molar-refractivity contribution in [3.05, 3.63) is 53.3 Å². The van der Waals surface area contributed by atoms with Gasteiger partial charge in [-0.1, -0.05) is 12.1 Å². The van der Waals surface area contributed by atoms with Gasteiger partial charge in [0.2, 0.25) is 0 Å². The Morgan fingerprint density at radius 1 is 1.32 bits per heavy atom. The van der Waals surface area contributed by atoms with Crippen molar-refractivity contribution in [2.45, 2.75) is 44.6 Å². The number of halogens is 3. The second kappa shape index (κ2) is 7.17. The summed E-state index contributed by atoms with van der Waals surface area (Å²) >= 11 is 0. The number of aliphatic hydroxyl groups is 1. The number of alkyl halides is 3. The largest absolute Gasteiger partial charge is 0.416 e. The van der Waals surface area contributed by atoms with Crippen LogP contribution in [0.1, 0.15) is 36.1 Å². The second-order valence-corrected chi connectivity index (χ2v) is 6.48. The summed E-state index contributed by atoms with van der Waals surface area (Å²) in [5.41, 5.74) is 1.05. The molecule has 0 aliphatic carbocycles. The highest BCUT2D eigenvalue weighted by atomic mass is 19.4. The minimum absolute atomic E-state index is 0.196. The fourth-order valence-corrected chi connectivity index (χ4v) is 3.38. The minimum Gasteiger partial charge on any atom is -0.392 e. The number of aromatic nitrogens is 2. The summed E-state index contributed by atoms with van der Waals surface area (Å²) in [4.78, 5) is 2.06. The number of benzene rings is 1. The fraction of sp³-hybridized carbons (Fsp3) is 0.500. The van der Waals surface area contributed by atoms with Crippen molar-refractivity contribution in [1.82, 2.24) is 14.7 Å². The summed E-state index contributed by atoms with van der Waals surface area (Å²) in [5, 5.41) is 14.3. The molecule has 0 amide bonds. The molecule has 0 radical (unpaired) electrons. The molecule has 4 nitrogen and oxygen atoms in total. The van der Waals surface area contributed by atoms with Crippen molar-refractivity contribution in [2.24, 2.45) is 0 Å². The monoisotopic (exact) mass is 353 g/mol. The maximum atomic E-state index is 13.0. The summed E-state index contributed by atoms with van der Waals surface area (Å²) in [6.07, 6.45) is 0.129. The smallest absolute Gasteiger partial charge is 0.392 e. The zero-order chi connectivity index (χ0) is 18.0. The summed E-state index contributed by atoms with van der Waals surface area (Å²) in [7, 11) is 0. The Kier molecular flexibility index (Phi) is 5.15. The molecule has 1 aromatic heterocycles. The highest BCUT2D eigenvalue weighted by molar-refractivity contribution is 5.29. The van der Waals surface area contributed by atoms with Crippen molar-refractivity contribution >= 4 is 0 Å². The van der Waals surface area contributed by atoms with Crippen LogP contribution in [0.2, 0.25) is 0 Å². The van der Waals surface area contributed by atoms with E-state index in [1.54, 1.807) is 6.07 Å². The zero-order valence-electron chi connectivity index (χ0n) is 14.1. The van der Waals surface area contributed by atoms with Gasteiger partial charge in [0.05, 0.1) is 17.9 Å². The molecule has 136 valence electrons. The average molecular weight is 353 g/mol. The summed E-state index contributed by atoms with van der Waals surface area (Å²) in [6, 6.07) is 5.23. The maximum absolute atomic E-state index is 13.0. The Balaban J connectivity index is 1.73. The molecule has 3 rings (SSSR count). The van der Waals surface area contributed by atoms with Crippen molar-refractivity contribution in [3.8, 4) is 0 Å². The third-order valence-corrected chi connectivity index (χ3v) is 4.68. The number of β-amino-alcohol motifs (C(OH)–C–C–N with tert-alkyl or cyclic N) is 1. The lowest BCUT2D eigenvalue weighted by Gasteiger charge is -2.25. The highest BCUT2D eigenvalue weighted by Gasteiger charge is 2.35. The Morgan fingerprint density at radius 3 is 2.80 bits per heavy atom. The third kappa shape index (κ3) is 4.22. The molecule has 2 heterocycles. The van der Waals surface area contributed by atoms with Gasteiger partial charge in [0.15, 0.2) is 0 Å². The molecule has 1 aliphatic rings. The molecule has 2 aromatic rings. The van der Waals surface area contributed by atoms with E-state index in [1.807, 2.05) is 24.0 Å². The number of aliphatic hydroxyl groups excluding tert-OH is 1. The Bertz CT molecular complexity index is 714. The lowest BCUT2D eigenvalue weighted by atomic mass is 10.0. The number of nitrogens with zero attached hydrogens (tertiary/aromatic N) is 3. The molecule has 1 fully saturated rings. The topological polar surface area (TPSA) is 41.3 Å². The summed E-state index contributed by atoms with van der Waals surface area (Å²) < 4.78 is 40.7. The average Bonchev–Trinajstić information content (AvgIpc) is 3.18. The Morgan fingerprint density at radius 2 is 2.12 bits per heavy atom. The van der Waals surface area contributed by atoms with Crippen LogP contribution in [-0.2, 0) is 19.1 Å². The first-order valence-electron chi connectivity index (χ1n) is 8.47. The Labute approximate surface area is 144 Å². The molecule has 2 atom stereocenters. The van der Waals surface area contributed by atoms with Crippen LogP contribution in [0.15, 0.2) is 36.7 Å².